The summed E-state index contributed by atoms with van der Waals surface area (Å²) in [5.74, 6) is 1.73. The first-order valence-corrected chi connectivity index (χ1v) is 11.0. The molecule has 0 bridgehead atoms. The van der Waals surface area contributed by atoms with E-state index in [2.05, 4.69) is 17.6 Å². The van der Waals surface area contributed by atoms with Gasteiger partial charge in [0.05, 0.1) is 13.7 Å². The zero-order valence-corrected chi connectivity index (χ0v) is 18.2. The van der Waals surface area contributed by atoms with Crippen LogP contribution < -0.4 is 15.4 Å². The van der Waals surface area contributed by atoms with Crippen molar-refractivity contribution < 1.29 is 14.6 Å². The van der Waals surface area contributed by atoms with Gasteiger partial charge in [0.1, 0.15) is 5.75 Å². The standard InChI is InChI=1S/C23H39N3O3/c1-3-24-22(26-19-23(14-16-27)12-5-4-6-13-23)25-15-7-17-29-18-20-8-10-21(28-2)11-9-20/h8-11,27H,3-7,12-19H2,1-2H3,(H2,24,25,26). The van der Waals surface area contributed by atoms with Crippen LogP contribution in [0.15, 0.2) is 29.3 Å². The quantitative estimate of drug-likeness (QED) is 0.282. The van der Waals surface area contributed by atoms with Gasteiger partial charge in [-0.1, -0.05) is 31.4 Å². The number of benzene rings is 1. The summed E-state index contributed by atoms with van der Waals surface area (Å²) in [5.41, 5.74) is 1.33. The number of guanidine groups is 1. The smallest absolute Gasteiger partial charge is 0.191 e. The minimum atomic E-state index is 0.177. The van der Waals surface area contributed by atoms with Gasteiger partial charge in [-0.05, 0) is 55.7 Å². The summed E-state index contributed by atoms with van der Waals surface area (Å²) >= 11 is 0. The number of methoxy groups -OCH3 is 1. The fourth-order valence-electron chi connectivity index (χ4n) is 3.91. The number of ether oxygens (including phenoxy) is 2. The van der Waals surface area contributed by atoms with Gasteiger partial charge in [-0.25, -0.2) is 0 Å². The van der Waals surface area contributed by atoms with Crippen molar-refractivity contribution in [2.75, 3.05) is 40.0 Å². The largest absolute Gasteiger partial charge is 0.497 e. The van der Waals surface area contributed by atoms with E-state index in [1.807, 2.05) is 24.3 Å². The van der Waals surface area contributed by atoms with Gasteiger partial charge in [-0.15, -0.1) is 0 Å². The third-order valence-electron chi connectivity index (χ3n) is 5.66. The predicted molar refractivity (Wildman–Crippen MR) is 118 cm³/mol. The van der Waals surface area contributed by atoms with E-state index in [0.717, 1.165) is 49.7 Å². The zero-order valence-electron chi connectivity index (χ0n) is 18.2. The van der Waals surface area contributed by atoms with Crippen molar-refractivity contribution in [2.24, 2.45) is 10.4 Å². The van der Waals surface area contributed by atoms with Gasteiger partial charge in [-0.2, -0.15) is 0 Å². The van der Waals surface area contributed by atoms with Crippen LogP contribution in [0, 0.1) is 5.41 Å². The van der Waals surface area contributed by atoms with E-state index >= 15 is 0 Å². The van der Waals surface area contributed by atoms with Gasteiger partial charge in [0.2, 0.25) is 0 Å². The van der Waals surface area contributed by atoms with Crippen molar-refractivity contribution in [3.63, 3.8) is 0 Å². The summed E-state index contributed by atoms with van der Waals surface area (Å²) in [5, 5.41) is 16.2. The lowest BCUT2D eigenvalue weighted by molar-refractivity contribution is 0.119. The van der Waals surface area contributed by atoms with E-state index in [0.29, 0.717) is 13.2 Å². The lowest BCUT2D eigenvalue weighted by Gasteiger charge is -2.35. The maximum Gasteiger partial charge on any atom is 0.191 e. The van der Waals surface area contributed by atoms with Crippen molar-refractivity contribution in [2.45, 2.75) is 58.5 Å². The third kappa shape index (κ3) is 8.62. The third-order valence-corrected chi connectivity index (χ3v) is 5.66. The molecule has 0 aliphatic heterocycles. The molecule has 2 rings (SSSR count). The highest BCUT2D eigenvalue weighted by Gasteiger charge is 2.31. The number of rotatable bonds is 12. The molecule has 0 saturated heterocycles. The van der Waals surface area contributed by atoms with Gasteiger partial charge in [-0.3, -0.25) is 4.99 Å². The molecular weight excluding hydrogens is 366 g/mol. The summed E-state index contributed by atoms with van der Waals surface area (Å²) in [6.07, 6.45) is 7.95. The van der Waals surface area contributed by atoms with Crippen LogP contribution in [-0.4, -0.2) is 51.0 Å². The summed E-state index contributed by atoms with van der Waals surface area (Å²) in [6.45, 7) is 6.10. The van der Waals surface area contributed by atoms with Crippen LogP contribution >= 0.6 is 0 Å². The van der Waals surface area contributed by atoms with Crippen LogP contribution in [0.5, 0.6) is 5.75 Å². The predicted octanol–water partition coefficient (Wildman–Crippen LogP) is 3.49. The lowest BCUT2D eigenvalue weighted by Crippen LogP contribution is -2.39. The Kier molecular flexibility index (Phi) is 10.9. The summed E-state index contributed by atoms with van der Waals surface area (Å²) in [7, 11) is 1.67. The molecule has 0 spiro atoms. The van der Waals surface area contributed by atoms with E-state index in [9.17, 15) is 5.11 Å². The maximum atomic E-state index is 9.48. The fourth-order valence-corrected chi connectivity index (χ4v) is 3.91. The Hall–Kier alpha value is -1.79. The van der Waals surface area contributed by atoms with Crippen LogP contribution in [0.2, 0.25) is 0 Å². The molecule has 1 aromatic rings. The van der Waals surface area contributed by atoms with E-state index in [4.69, 9.17) is 14.5 Å². The SMILES string of the molecule is CCNC(=NCC1(CCO)CCCCC1)NCCCOCc1ccc(OC)cc1. The summed E-state index contributed by atoms with van der Waals surface area (Å²) in [4.78, 5) is 4.84. The Morgan fingerprint density at radius 3 is 2.55 bits per heavy atom. The molecule has 0 heterocycles. The molecule has 0 radical (unpaired) electrons. The number of hydrogen-bond acceptors (Lipinski definition) is 4. The maximum absolute atomic E-state index is 9.48. The molecule has 0 unspecified atom stereocenters. The van der Waals surface area contributed by atoms with Crippen LogP contribution in [0.25, 0.3) is 0 Å². The first-order chi connectivity index (χ1) is 14.2. The molecule has 6 nitrogen and oxygen atoms in total. The van der Waals surface area contributed by atoms with E-state index in [-0.39, 0.29) is 12.0 Å². The van der Waals surface area contributed by atoms with Gasteiger partial charge in [0.15, 0.2) is 5.96 Å². The highest BCUT2D eigenvalue weighted by Crippen LogP contribution is 2.39. The second-order valence-electron chi connectivity index (χ2n) is 7.91. The zero-order chi connectivity index (χ0) is 20.8. The Bertz CT molecular complexity index is 578. The number of hydrogen-bond donors (Lipinski definition) is 3. The Morgan fingerprint density at radius 2 is 1.90 bits per heavy atom. The van der Waals surface area contributed by atoms with Gasteiger partial charge >= 0.3 is 0 Å². The molecule has 29 heavy (non-hydrogen) atoms. The van der Waals surface area contributed by atoms with Crippen molar-refractivity contribution in [1.29, 1.82) is 0 Å². The monoisotopic (exact) mass is 405 g/mol. The van der Waals surface area contributed by atoms with E-state index in [1.54, 1.807) is 7.11 Å². The van der Waals surface area contributed by atoms with Crippen molar-refractivity contribution >= 4 is 5.96 Å². The molecule has 6 heteroatoms. The Labute approximate surface area is 176 Å². The van der Waals surface area contributed by atoms with Gasteiger partial charge in [0, 0.05) is 32.8 Å². The second-order valence-corrected chi connectivity index (χ2v) is 7.91. The topological polar surface area (TPSA) is 75.1 Å². The van der Waals surface area contributed by atoms with Gasteiger partial charge < -0.3 is 25.2 Å². The summed E-state index contributed by atoms with van der Waals surface area (Å²) < 4.78 is 10.9. The van der Waals surface area contributed by atoms with Crippen molar-refractivity contribution in [1.82, 2.24) is 10.6 Å². The molecule has 1 saturated carbocycles. The molecule has 0 aromatic heterocycles. The second kappa shape index (κ2) is 13.4. The molecule has 0 amide bonds. The number of aliphatic imine (C=N–C) groups is 1. The minimum absolute atomic E-state index is 0.177. The average molecular weight is 406 g/mol. The van der Waals surface area contributed by atoms with E-state index in [1.165, 1.54) is 32.1 Å². The molecule has 0 atom stereocenters. The number of nitrogens with zero attached hydrogens (tertiary/aromatic N) is 1. The molecular formula is C23H39N3O3. The van der Waals surface area contributed by atoms with Crippen LogP contribution in [0.3, 0.4) is 0 Å². The fraction of sp³-hybridized carbons (Fsp3) is 0.696. The minimum Gasteiger partial charge on any atom is -0.497 e. The molecule has 1 fully saturated rings. The highest BCUT2D eigenvalue weighted by atomic mass is 16.5. The Morgan fingerprint density at radius 1 is 1.14 bits per heavy atom. The highest BCUT2D eigenvalue weighted by molar-refractivity contribution is 5.79. The lowest BCUT2D eigenvalue weighted by atomic mass is 9.72. The van der Waals surface area contributed by atoms with Crippen molar-refractivity contribution in [3.05, 3.63) is 29.8 Å². The number of aliphatic hydroxyl groups is 1. The van der Waals surface area contributed by atoms with Crippen LogP contribution in [0.4, 0.5) is 0 Å². The first kappa shape index (κ1) is 23.5. The molecule has 1 aliphatic carbocycles. The van der Waals surface area contributed by atoms with E-state index < -0.39 is 0 Å². The Balaban J connectivity index is 1.70. The molecule has 164 valence electrons. The molecule has 1 aromatic carbocycles. The average Bonchev–Trinajstić information content (AvgIpc) is 2.75. The number of aliphatic hydroxyl groups excluding tert-OH is 1. The summed E-state index contributed by atoms with van der Waals surface area (Å²) in [6, 6.07) is 7.96. The van der Waals surface area contributed by atoms with Crippen LogP contribution in [0.1, 0.15) is 57.4 Å². The number of nitrogens with one attached hydrogen (secondary N) is 2. The normalized spacial score (nSPS) is 16.4. The van der Waals surface area contributed by atoms with Gasteiger partial charge in [0.25, 0.3) is 0 Å². The molecule has 3 N–H and O–H groups in total. The van der Waals surface area contributed by atoms with Crippen LogP contribution in [-0.2, 0) is 11.3 Å². The molecule has 1 aliphatic rings. The first-order valence-electron chi connectivity index (χ1n) is 11.0. The van der Waals surface area contributed by atoms with Crippen molar-refractivity contribution in [3.8, 4) is 5.75 Å².